The number of aromatic amines is 1. The number of aryl methyl sites for hydroxylation is 1. The number of hydrazone groups is 1. The molecule has 0 unspecified atom stereocenters. The maximum absolute atomic E-state index is 13.3. The van der Waals surface area contributed by atoms with E-state index >= 15 is 0 Å². The van der Waals surface area contributed by atoms with Gasteiger partial charge in [-0.25, -0.2) is 10.2 Å². The number of fused-ring (bicyclic) bond motifs is 1. The van der Waals surface area contributed by atoms with Crippen molar-refractivity contribution >= 4 is 56.5 Å². The van der Waals surface area contributed by atoms with Gasteiger partial charge in [0.1, 0.15) is 11.4 Å². The number of rotatable bonds is 6. The molecular formula is C30H21BrClN3O3. The fourth-order valence-corrected chi connectivity index (χ4v) is 4.69. The second-order valence-electron chi connectivity index (χ2n) is 8.54. The highest BCUT2D eigenvalue weighted by Crippen LogP contribution is 2.37. The van der Waals surface area contributed by atoms with Crippen LogP contribution in [0.25, 0.3) is 22.0 Å². The maximum atomic E-state index is 13.3. The first-order chi connectivity index (χ1) is 18.4. The van der Waals surface area contributed by atoms with Crippen LogP contribution in [0.4, 0.5) is 0 Å². The van der Waals surface area contributed by atoms with Gasteiger partial charge in [-0.1, -0.05) is 75.6 Å². The molecule has 1 heterocycles. The summed E-state index contributed by atoms with van der Waals surface area (Å²) in [4.78, 5) is 29.1. The Balaban J connectivity index is 1.44. The van der Waals surface area contributed by atoms with Crippen LogP contribution < -0.4 is 10.2 Å². The minimum atomic E-state index is -0.496. The van der Waals surface area contributed by atoms with Crippen molar-refractivity contribution < 1.29 is 14.3 Å². The van der Waals surface area contributed by atoms with E-state index in [1.807, 2.05) is 49.4 Å². The van der Waals surface area contributed by atoms with Crippen molar-refractivity contribution in [3.8, 4) is 16.9 Å². The number of nitrogens with one attached hydrogen (secondary N) is 2. The zero-order valence-electron chi connectivity index (χ0n) is 20.2. The molecule has 1 aromatic heterocycles. The number of amides is 1. The maximum Gasteiger partial charge on any atom is 0.343 e. The molecule has 0 aliphatic rings. The molecule has 5 aromatic rings. The Morgan fingerprint density at radius 2 is 1.74 bits per heavy atom. The third kappa shape index (κ3) is 5.39. The molecule has 38 heavy (non-hydrogen) atoms. The number of halogens is 2. The molecule has 5 rings (SSSR count). The number of carbonyl (C=O) groups excluding carboxylic acids is 2. The lowest BCUT2D eigenvalue weighted by Crippen LogP contribution is -2.19. The molecule has 2 N–H and O–H groups in total. The minimum Gasteiger partial charge on any atom is -0.422 e. The molecule has 8 heteroatoms. The van der Waals surface area contributed by atoms with Gasteiger partial charge in [0.25, 0.3) is 5.91 Å². The van der Waals surface area contributed by atoms with Crippen molar-refractivity contribution in [2.24, 2.45) is 5.10 Å². The van der Waals surface area contributed by atoms with Crippen molar-refractivity contribution in [1.82, 2.24) is 10.4 Å². The van der Waals surface area contributed by atoms with Crippen LogP contribution in [0.2, 0.25) is 5.02 Å². The quantitative estimate of drug-likeness (QED) is 0.0933. The number of H-pyrrole nitrogens is 1. The van der Waals surface area contributed by atoms with Gasteiger partial charge in [-0.05, 0) is 55.5 Å². The third-order valence-corrected chi connectivity index (χ3v) is 6.70. The van der Waals surface area contributed by atoms with E-state index < -0.39 is 11.9 Å². The number of carbonyl (C=O) groups is 2. The van der Waals surface area contributed by atoms with Crippen LogP contribution in [0.5, 0.6) is 5.75 Å². The van der Waals surface area contributed by atoms with Gasteiger partial charge in [0.2, 0.25) is 0 Å². The first kappa shape index (κ1) is 25.4. The van der Waals surface area contributed by atoms with Gasteiger partial charge in [0.05, 0.1) is 11.8 Å². The first-order valence-electron chi connectivity index (χ1n) is 11.7. The van der Waals surface area contributed by atoms with Crippen LogP contribution in [0, 0.1) is 6.92 Å². The Hall–Kier alpha value is -4.20. The van der Waals surface area contributed by atoms with Crippen molar-refractivity contribution in [1.29, 1.82) is 0 Å². The molecule has 0 saturated carbocycles. The Morgan fingerprint density at radius 1 is 0.974 bits per heavy atom. The zero-order valence-corrected chi connectivity index (χ0v) is 22.5. The van der Waals surface area contributed by atoms with E-state index in [0.29, 0.717) is 33.2 Å². The van der Waals surface area contributed by atoms with Gasteiger partial charge in [-0.3, -0.25) is 4.79 Å². The summed E-state index contributed by atoms with van der Waals surface area (Å²) in [6.07, 6.45) is 1.43. The van der Waals surface area contributed by atoms with Crippen molar-refractivity contribution in [2.45, 2.75) is 6.92 Å². The van der Waals surface area contributed by atoms with E-state index in [4.69, 9.17) is 16.3 Å². The van der Waals surface area contributed by atoms with Crippen LogP contribution in [0.1, 0.15) is 32.0 Å². The average Bonchev–Trinajstić information content (AvgIpc) is 3.29. The SMILES string of the molecule is Cc1ccc2[nH]c(C(=O)NN=Cc3cc(Br)ccc3OC(=O)c3ccccc3)c(-c3ccccc3Cl)c2c1. The molecule has 0 atom stereocenters. The average molecular weight is 587 g/mol. The third-order valence-electron chi connectivity index (χ3n) is 5.88. The summed E-state index contributed by atoms with van der Waals surface area (Å²) in [5.74, 6) is -0.634. The Morgan fingerprint density at radius 3 is 2.53 bits per heavy atom. The number of hydrogen-bond donors (Lipinski definition) is 2. The lowest BCUT2D eigenvalue weighted by molar-refractivity contribution is 0.0734. The van der Waals surface area contributed by atoms with Crippen LogP contribution in [0.15, 0.2) is 101 Å². The summed E-state index contributed by atoms with van der Waals surface area (Å²) >= 11 is 9.94. The predicted molar refractivity (Wildman–Crippen MR) is 154 cm³/mol. The minimum absolute atomic E-state index is 0.304. The molecule has 1 amide bonds. The van der Waals surface area contributed by atoms with Gasteiger partial charge in [0.15, 0.2) is 0 Å². The Kier molecular flexibility index (Phi) is 7.40. The van der Waals surface area contributed by atoms with E-state index in [1.165, 1.54) is 6.21 Å². The smallest absolute Gasteiger partial charge is 0.343 e. The van der Waals surface area contributed by atoms with Gasteiger partial charge < -0.3 is 9.72 Å². The first-order valence-corrected chi connectivity index (χ1v) is 12.9. The highest BCUT2D eigenvalue weighted by Gasteiger charge is 2.21. The van der Waals surface area contributed by atoms with E-state index in [-0.39, 0.29) is 0 Å². The van der Waals surface area contributed by atoms with Crippen LogP contribution in [0.3, 0.4) is 0 Å². The highest BCUT2D eigenvalue weighted by molar-refractivity contribution is 9.10. The monoisotopic (exact) mass is 585 g/mol. The largest absolute Gasteiger partial charge is 0.422 e. The lowest BCUT2D eigenvalue weighted by atomic mass is 10.0. The fourth-order valence-electron chi connectivity index (χ4n) is 4.08. The van der Waals surface area contributed by atoms with Crippen molar-refractivity contribution in [3.05, 3.63) is 123 Å². The second kappa shape index (κ2) is 11.0. The van der Waals surface area contributed by atoms with Gasteiger partial charge in [-0.15, -0.1) is 0 Å². The van der Waals surface area contributed by atoms with Gasteiger partial charge in [-0.2, -0.15) is 5.10 Å². The number of esters is 1. The molecule has 0 saturated heterocycles. The summed E-state index contributed by atoms with van der Waals surface area (Å²) in [5, 5.41) is 5.57. The van der Waals surface area contributed by atoms with E-state index in [2.05, 4.69) is 31.4 Å². The number of nitrogens with zero attached hydrogens (tertiary/aromatic N) is 1. The number of benzene rings is 4. The highest BCUT2D eigenvalue weighted by atomic mass is 79.9. The Labute approximate surface area is 232 Å². The van der Waals surface area contributed by atoms with Crippen LogP contribution in [-0.2, 0) is 0 Å². The zero-order chi connectivity index (χ0) is 26.6. The molecule has 0 spiro atoms. The van der Waals surface area contributed by atoms with E-state index in [9.17, 15) is 9.59 Å². The summed E-state index contributed by atoms with van der Waals surface area (Å²) in [6, 6.07) is 27.1. The number of ether oxygens (including phenoxy) is 1. The molecule has 0 fully saturated rings. The van der Waals surface area contributed by atoms with E-state index in [0.717, 1.165) is 26.5 Å². The number of aromatic nitrogens is 1. The lowest BCUT2D eigenvalue weighted by Gasteiger charge is -2.08. The molecule has 188 valence electrons. The molecule has 6 nitrogen and oxygen atoms in total. The topological polar surface area (TPSA) is 83.6 Å². The second-order valence-corrected chi connectivity index (χ2v) is 9.86. The fraction of sp³-hybridized carbons (Fsp3) is 0.0333. The molecule has 0 aliphatic heterocycles. The number of hydrogen-bond acceptors (Lipinski definition) is 4. The van der Waals surface area contributed by atoms with Gasteiger partial charge >= 0.3 is 5.97 Å². The van der Waals surface area contributed by atoms with Crippen LogP contribution >= 0.6 is 27.5 Å². The summed E-state index contributed by atoms with van der Waals surface area (Å²) in [6.45, 7) is 1.99. The molecule has 0 aliphatic carbocycles. The normalized spacial score (nSPS) is 11.1. The molecule has 4 aromatic carbocycles. The predicted octanol–water partition coefficient (Wildman–Crippen LogP) is 7.54. The van der Waals surface area contributed by atoms with Crippen molar-refractivity contribution in [3.63, 3.8) is 0 Å². The van der Waals surface area contributed by atoms with E-state index in [1.54, 1.807) is 48.5 Å². The van der Waals surface area contributed by atoms with Crippen molar-refractivity contribution in [2.75, 3.05) is 0 Å². The van der Waals surface area contributed by atoms with Gasteiger partial charge in [0, 0.05) is 37.1 Å². The summed E-state index contributed by atoms with van der Waals surface area (Å²) in [5.41, 5.74) is 7.14. The summed E-state index contributed by atoms with van der Waals surface area (Å²) in [7, 11) is 0. The standard InChI is InChI=1S/C30H21BrClN3O3/c1-18-11-13-25-23(15-18)27(22-9-5-6-10-24(22)32)28(34-25)29(36)35-33-17-20-16-21(31)12-14-26(20)38-30(37)19-7-3-2-4-8-19/h2-17,34H,1H3,(H,35,36). The molecule has 0 bridgehead atoms. The summed E-state index contributed by atoms with van der Waals surface area (Å²) < 4.78 is 6.35. The molecular weight excluding hydrogens is 566 g/mol. The molecule has 0 radical (unpaired) electrons. The Bertz CT molecular complexity index is 1700. The van der Waals surface area contributed by atoms with Crippen LogP contribution in [-0.4, -0.2) is 23.1 Å².